The van der Waals surface area contributed by atoms with Crippen molar-refractivity contribution in [3.05, 3.63) is 47.9 Å². The van der Waals surface area contributed by atoms with Crippen LogP contribution in [0.5, 0.6) is 0 Å². The molecule has 1 atom stereocenters. The Balaban J connectivity index is 3.28. The Morgan fingerprint density at radius 3 is 2.58 bits per heavy atom. The molecule has 0 aromatic rings. The molecule has 0 aromatic carbocycles. The van der Waals surface area contributed by atoms with Gasteiger partial charge in [0.15, 0.2) is 23.6 Å². The first-order valence-electron chi connectivity index (χ1n) is 8.29. The summed E-state index contributed by atoms with van der Waals surface area (Å²) in [6, 6.07) is -0.770. The van der Waals surface area contributed by atoms with Crippen molar-refractivity contribution in [3.8, 4) is 0 Å². The second-order valence-electron chi connectivity index (χ2n) is 5.62. The molecule has 0 saturated carbocycles. The number of methoxy groups -OCH3 is 1. The summed E-state index contributed by atoms with van der Waals surface area (Å²) in [5.41, 5.74) is -4.99. The van der Waals surface area contributed by atoms with Crippen LogP contribution in [0.15, 0.2) is 47.9 Å². The molecular weight excluding hydrogens is 465 g/mol. The van der Waals surface area contributed by atoms with Gasteiger partial charge < -0.3 is 28.1 Å². The summed E-state index contributed by atoms with van der Waals surface area (Å²) >= 11 is 2.88. The van der Waals surface area contributed by atoms with Gasteiger partial charge in [-0.15, -0.1) is 0 Å². The average molecular weight is 484 g/mol. The number of hydrogen-bond donors (Lipinski definition) is 2. The number of rotatable bonds is 11. The number of alkyl halides is 3. The van der Waals surface area contributed by atoms with E-state index in [9.17, 15) is 27.6 Å². The molecule has 1 heterocycles. The van der Waals surface area contributed by atoms with E-state index in [0.717, 1.165) is 30.2 Å². The first-order chi connectivity index (χ1) is 14.6. The number of allylic oxidation sites excluding steroid dienone is 2. The summed E-state index contributed by atoms with van der Waals surface area (Å²) < 4.78 is 56.5. The van der Waals surface area contributed by atoms with Crippen LogP contribution in [-0.4, -0.2) is 48.5 Å². The Hall–Kier alpha value is -2.58. The first-order valence-corrected chi connectivity index (χ1v) is 9.40. The lowest BCUT2D eigenvalue weighted by Gasteiger charge is -2.23. The summed E-state index contributed by atoms with van der Waals surface area (Å²) in [5, 5.41) is 2.18. The van der Waals surface area contributed by atoms with Crippen LogP contribution < -0.4 is 5.32 Å². The minimum absolute atomic E-state index is 0.0952. The molecule has 1 N–H and O–H groups in total. The van der Waals surface area contributed by atoms with Crippen LogP contribution in [-0.2, 0) is 32.2 Å². The Kier molecular flexibility index (Phi) is 10.5. The molecule has 0 saturated heterocycles. The molecule has 0 fully saturated rings. The molecular formula is C17H19F3N2O7S2. The molecule has 0 bridgehead atoms. The summed E-state index contributed by atoms with van der Waals surface area (Å²) in [6.07, 6.45) is 3.37. The zero-order valence-corrected chi connectivity index (χ0v) is 18.0. The van der Waals surface area contributed by atoms with Crippen molar-refractivity contribution in [1.82, 2.24) is 10.2 Å². The predicted octanol–water partition coefficient (Wildman–Crippen LogP) is 2.71. The van der Waals surface area contributed by atoms with Gasteiger partial charge in [-0.3, -0.25) is 14.4 Å². The molecule has 2 amide bonds. The second kappa shape index (κ2) is 12.3. The van der Waals surface area contributed by atoms with Crippen molar-refractivity contribution in [3.63, 3.8) is 0 Å². The van der Waals surface area contributed by atoms with Crippen LogP contribution in [0.1, 0.15) is 13.3 Å². The Bertz CT molecular complexity index is 797. The predicted molar refractivity (Wildman–Crippen MR) is 106 cm³/mol. The molecule has 0 spiro atoms. The van der Waals surface area contributed by atoms with Crippen LogP contribution in [0.2, 0.25) is 0 Å². The van der Waals surface area contributed by atoms with Crippen molar-refractivity contribution in [2.45, 2.75) is 24.9 Å². The van der Waals surface area contributed by atoms with Crippen LogP contribution in [0, 0.1) is 0 Å². The molecule has 1 aliphatic rings. The fraction of sp³-hybridized carbons (Fsp3) is 0.353. The molecule has 0 aliphatic carbocycles. The van der Waals surface area contributed by atoms with Crippen molar-refractivity contribution in [2.75, 3.05) is 13.7 Å². The van der Waals surface area contributed by atoms with E-state index in [-0.39, 0.29) is 42.4 Å². The molecule has 9 nitrogen and oxygen atoms in total. The maximum atomic E-state index is 13.0. The smallest absolute Gasteiger partial charge is 0.479 e. The summed E-state index contributed by atoms with van der Waals surface area (Å²) in [7, 11) is 1.22. The van der Waals surface area contributed by atoms with Gasteiger partial charge >= 0.3 is 11.5 Å². The minimum Gasteiger partial charge on any atom is -0.493 e. The Labute approximate surface area is 185 Å². The van der Waals surface area contributed by atoms with E-state index < -0.39 is 35.5 Å². The van der Waals surface area contributed by atoms with Gasteiger partial charge in [0.1, 0.15) is 11.5 Å². The lowest BCUT2D eigenvalue weighted by atomic mass is 10.2. The molecule has 0 aromatic heterocycles. The number of thiol groups is 1. The molecule has 172 valence electrons. The number of carbonyl (C=O) groups excluding carboxylic acids is 3. The maximum absolute atomic E-state index is 13.0. The third kappa shape index (κ3) is 8.59. The normalized spacial score (nSPS) is 17.4. The van der Waals surface area contributed by atoms with E-state index in [1.807, 2.05) is 0 Å². The maximum Gasteiger partial charge on any atom is 0.479 e. The van der Waals surface area contributed by atoms with Gasteiger partial charge in [0.2, 0.25) is 6.41 Å². The number of nitrogens with zero attached hydrogens (tertiary/aromatic N) is 1. The third-order valence-corrected chi connectivity index (χ3v) is 4.12. The number of hydrogen-bond acceptors (Lipinski definition) is 9. The molecule has 1 rings (SSSR count). The zero-order valence-electron chi connectivity index (χ0n) is 16.3. The van der Waals surface area contributed by atoms with Crippen molar-refractivity contribution in [1.29, 1.82) is 0 Å². The van der Waals surface area contributed by atoms with Crippen LogP contribution in [0.3, 0.4) is 0 Å². The van der Waals surface area contributed by atoms with Gasteiger partial charge in [-0.1, -0.05) is 6.58 Å². The number of amides is 2. The average Bonchev–Trinajstić information content (AvgIpc) is 3.10. The van der Waals surface area contributed by atoms with Crippen LogP contribution in [0.25, 0.3) is 0 Å². The Morgan fingerprint density at radius 1 is 1.42 bits per heavy atom. The lowest BCUT2D eigenvalue weighted by Crippen LogP contribution is -2.39. The first kappa shape index (κ1) is 26.5. The highest BCUT2D eigenvalue weighted by Gasteiger charge is 2.36. The highest BCUT2D eigenvalue weighted by Crippen LogP contribution is 2.36. The van der Waals surface area contributed by atoms with E-state index in [1.54, 1.807) is 0 Å². The molecule has 0 radical (unpaired) electrons. The zero-order chi connectivity index (χ0) is 23.6. The number of halogens is 3. The van der Waals surface area contributed by atoms with Gasteiger partial charge in [0.05, 0.1) is 19.8 Å². The van der Waals surface area contributed by atoms with Crippen molar-refractivity contribution >= 4 is 43.2 Å². The van der Waals surface area contributed by atoms with Crippen LogP contribution >= 0.6 is 25.0 Å². The largest absolute Gasteiger partial charge is 0.493 e. The van der Waals surface area contributed by atoms with Crippen molar-refractivity contribution in [2.24, 2.45) is 0 Å². The van der Waals surface area contributed by atoms with E-state index in [1.165, 1.54) is 7.11 Å². The van der Waals surface area contributed by atoms with Crippen LogP contribution in [0.4, 0.5) is 13.2 Å². The third-order valence-electron chi connectivity index (χ3n) is 3.48. The van der Waals surface area contributed by atoms with E-state index >= 15 is 0 Å². The summed E-state index contributed by atoms with van der Waals surface area (Å²) in [4.78, 5) is 36.2. The van der Waals surface area contributed by atoms with E-state index in [2.05, 4.69) is 29.0 Å². The number of nitrogens with one attached hydrogen (secondary N) is 1. The number of esters is 1. The topological polar surface area (TPSA) is 103 Å². The quantitative estimate of drug-likeness (QED) is 0.0878. The monoisotopic (exact) mass is 484 g/mol. The van der Waals surface area contributed by atoms with Gasteiger partial charge in [-0.2, -0.15) is 13.2 Å². The molecule has 14 heteroatoms. The van der Waals surface area contributed by atoms with Gasteiger partial charge in [0, 0.05) is 25.6 Å². The standard InChI is InChI=1S/C17H19F3N2O7S2/c1-4-14(28-10(2)24)15(26-3)6-13(21-9-23)16(25)22-7-12(5-11(22)8-27-30)29-31-17(18,19)20/h4,6-7,9,11,30H,1,5,8H2,2-3H3,(H,21,23)/b13-6-,15-14-/t11-/m0/s1. The fourth-order valence-electron chi connectivity index (χ4n) is 2.33. The molecule has 31 heavy (non-hydrogen) atoms. The van der Waals surface area contributed by atoms with E-state index in [4.69, 9.17) is 13.7 Å². The second-order valence-corrected chi connectivity index (χ2v) is 6.68. The highest BCUT2D eigenvalue weighted by atomic mass is 32.2. The van der Waals surface area contributed by atoms with Gasteiger partial charge in [0.25, 0.3) is 5.91 Å². The van der Waals surface area contributed by atoms with E-state index in [0.29, 0.717) is 0 Å². The van der Waals surface area contributed by atoms with Crippen molar-refractivity contribution < 1.29 is 45.4 Å². The number of carbonyl (C=O) groups is 3. The SMILES string of the molecule is C=C/C(OC(C)=O)=C(\C=C(/NC=O)C(=O)N1C=C(OSC(F)(F)F)C[C@H]1COS)OC. The summed E-state index contributed by atoms with van der Waals surface area (Å²) in [5.74, 6) is -1.93. The molecule has 0 unspecified atom stereocenters. The summed E-state index contributed by atoms with van der Waals surface area (Å²) in [6.45, 7) is 4.45. The Morgan fingerprint density at radius 2 is 2.10 bits per heavy atom. The molecule has 1 aliphatic heterocycles. The van der Waals surface area contributed by atoms with Gasteiger partial charge in [-0.05, 0) is 19.0 Å². The fourth-order valence-corrected chi connectivity index (χ4v) is 2.81. The minimum atomic E-state index is -4.64. The highest BCUT2D eigenvalue weighted by molar-refractivity contribution is 7.95. The van der Waals surface area contributed by atoms with Gasteiger partial charge in [-0.25, -0.2) is 0 Å². The lowest BCUT2D eigenvalue weighted by molar-refractivity contribution is -0.136. The number of ether oxygens (including phenoxy) is 2.